The number of piperazine rings is 1. The topological polar surface area (TPSA) is 32.8 Å². The van der Waals surface area contributed by atoms with Gasteiger partial charge in [-0.05, 0) is 40.7 Å². The van der Waals surface area contributed by atoms with Crippen molar-refractivity contribution in [3.63, 3.8) is 0 Å². The molecule has 0 saturated carbocycles. The van der Waals surface area contributed by atoms with Crippen molar-refractivity contribution in [1.82, 2.24) is 9.80 Å². The molecule has 0 amide bonds. The monoisotopic (exact) mass is 296 g/mol. The fourth-order valence-corrected chi connectivity index (χ4v) is 2.48. The third-order valence-corrected chi connectivity index (χ3v) is 3.68. The first-order valence-electron chi connectivity index (χ1n) is 7.98. The smallest absolute Gasteiger partial charge is 0.335 e. The molecular formula is C17H32N2O2. The first-order chi connectivity index (χ1) is 9.60. The van der Waals surface area contributed by atoms with Crippen molar-refractivity contribution in [2.75, 3.05) is 33.2 Å². The van der Waals surface area contributed by atoms with E-state index in [0.29, 0.717) is 5.92 Å². The van der Waals surface area contributed by atoms with Crippen LogP contribution in [-0.4, -0.2) is 60.6 Å². The standard InChI is InChI=1S/C17H32N2O2/c1-13(2)12-15(16(20)21-17(4,5)6)14(3)19-10-8-18(7)9-11-19/h12-14H,8-11H2,1-7H3/b15-12-. The van der Waals surface area contributed by atoms with E-state index in [9.17, 15) is 4.79 Å². The molecule has 4 nitrogen and oxygen atoms in total. The Morgan fingerprint density at radius 2 is 1.62 bits per heavy atom. The molecule has 1 fully saturated rings. The molecule has 21 heavy (non-hydrogen) atoms. The van der Waals surface area contributed by atoms with E-state index in [1.807, 2.05) is 20.8 Å². The second kappa shape index (κ2) is 7.41. The van der Waals surface area contributed by atoms with Crippen LogP contribution in [0, 0.1) is 5.92 Å². The van der Waals surface area contributed by atoms with Gasteiger partial charge in [0, 0.05) is 32.2 Å². The van der Waals surface area contributed by atoms with Gasteiger partial charge >= 0.3 is 5.97 Å². The Morgan fingerprint density at radius 1 is 1.10 bits per heavy atom. The van der Waals surface area contributed by atoms with Crippen LogP contribution in [0.1, 0.15) is 41.5 Å². The number of allylic oxidation sites excluding steroid dienone is 1. The quantitative estimate of drug-likeness (QED) is 0.589. The predicted molar refractivity (Wildman–Crippen MR) is 87.3 cm³/mol. The van der Waals surface area contributed by atoms with E-state index in [0.717, 1.165) is 31.8 Å². The molecule has 0 N–H and O–H groups in total. The van der Waals surface area contributed by atoms with Crippen molar-refractivity contribution in [3.05, 3.63) is 11.6 Å². The lowest BCUT2D eigenvalue weighted by molar-refractivity contribution is -0.150. The Balaban J connectivity index is 2.85. The van der Waals surface area contributed by atoms with E-state index in [2.05, 4.69) is 43.7 Å². The molecule has 0 radical (unpaired) electrons. The first-order valence-corrected chi connectivity index (χ1v) is 7.98. The molecule has 0 aromatic carbocycles. The highest BCUT2D eigenvalue weighted by Crippen LogP contribution is 2.19. The van der Waals surface area contributed by atoms with Crippen LogP contribution in [0.4, 0.5) is 0 Å². The van der Waals surface area contributed by atoms with Gasteiger partial charge in [-0.2, -0.15) is 0 Å². The van der Waals surface area contributed by atoms with Crippen LogP contribution in [0.3, 0.4) is 0 Å². The summed E-state index contributed by atoms with van der Waals surface area (Å²) in [5, 5.41) is 0. The van der Waals surface area contributed by atoms with Crippen molar-refractivity contribution in [1.29, 1.82) is 0 Å². The van der Waals surface area contributed by atoms with Crippen molar-refractivity contribution >= 4 is 5.97 Å². The third kappa shape index (κ3) is 6.18. The van der Waals surface area contributed by atoms with Gasteiger partial charge in [0.25, 0.3) is 0 Å². The molecule has 0 aliphatic carbocycles. The fraction of sp³-hybridized carbons (Fsp3) is 0.824. The normalized spacial score (nSPS) is 20.7. The number of carbonyl (C=O) groups excluding carboxylic acids is 1. The maximum Gasteiger partial charge on any atom is 0.335 e. The average Bonchev–Trinajstić information content (AvgIpc) is 2.33. The predicted octanol–water partition coefficient (Wildman–Crippen LogP) is 2.55. The molecule has 122 valence electrons. The molecule has 1 aliphatic heterocycles. The van der Waals surface area contributed by atoms with Crippen LogP contribution in [0.2, 0.25) is 0 Å². The Kier molecular flexibility index (Phi) is 6.41. The zero-order chi connectivity index (χ0) is 16.2. The summed E-state index contributed by atoms with van der Waals surface area (Å²) in [7, 11) is 2.14. The third-order valence-electron chi connectivity index (χ3n) is 3.68. The van der Waals surface area contributed by atoms with Gasteiger partial charge in [-0.25, -0.2) is 4.79 Å². The summed E-state index contributed by atoms with van der Waals surface area (Å²) in [6.07, 6.45) is 2.05. The molecule has 0 aromatic heterocycles. The highest BCUT2D eigenvalue weighted by Gasteiger charge is 2.28. The van der Waals surface area contributed by atoms with Gasteiger partial charge in [0.2, 0.25) is 0 Å². The maximum atomic E-state index is 12.5. The molecule has 4 heteroatoms. The Morgan fingerprint density at radius 3 is 2.05 bits per heavy atom. The molecule has 0 bridgehead atoms. The van der Waals surface area contributed by atoms with Crippen LogP contribution in [0.25, 0.3) is 0 Å². The summed E-state index contributed by atoms with van der Waals surface area (Å²) in [4.78, 5) is 17.2. The van der Waals surface area contributed by atoms with E-state index in [4.69, 9.17) is 4.74 Å². The SMILES string of the molecule is CC(C)/C=C(\C(=O)OC(C)(C)C)C(C)N1CCN(C)CC1. The largest absolute Gasteiger partial charge is 0.457 e. The summed E-state index contributed by atoms with van der Waals surface area (Å²) >= 11 is 0. The van der Waals surface area contributed by atoms with Gasteiger partial charge in [-0.3, -0.25) is 4.90 Å². The summed E-state index contributed by atoms with van der Waals surface area (Å²) in [5.41, 5.74) is 0.346. The number of carbonyl (C=O) groups is 1. The fourth-order valence-electron chi connectivity index (χ4n) is 2.48. The Hall–Kier alpha value is -0.870. The van der Waals surface area contributed by atoms with Crippen LogP contribution in [-0.2, 0) is 9.53 Å². The Bertz CT molecular complexity index is 375. The molecule has 1 aliphatic rings. The maximum absolute atomic E-state index is 12.5. The minimum absolute atomic E-state index is 0.107. The van der Waals surface area contributed by atoms with E-state index < -0.39 is 5.60 Å². The lowest BCUT2D eigenvalue weighted by atomic mass is 10.0. The van der Waals surface area contributed by atoms with Gasteiger partial charge < -0.3 is 9.64 Å². The number of rotatable bonds is 4. The highest BCUT2D eigenvalue weighted by molar-refractivity contribution is 5.90. The van der Waals surface area contributed by atoms with Crippen molar-refractivity contribution in [3.8, 4) is 0 Å². The second-order valence-corrected chi connectivity index (χ2v) is 7.38. The second-order valence-electron chi connectivity index (χ2n) is 7.38. The number of nitrogens with zero attached hydrogens (tertiary/aromatic N) is 2. The zero-order valence-electron chi connectivity index (χ0n) is 14.8. The van der Waals surface area contributed by atoms with Crippen molar-refractivity contribution in [2.45, 2.75) is 53.2 Å². The van der Waals surface area contributed by atoms with Crippen LogP contribution in [0.5, 0.6) is 0 Å². The minimum atomic E-state index is -0.449. The average molecular weight is 296 g/mol. The number of hydrogen-bond acceptors (Lipinski definition) is 4. The molecule has 1 unspecified atom stereocenters. The van der Waals surface area contributed by atoms with E-state index in [-0.39, 0.29) is 12.0 Å². The summed E-state index contributed by atoms with van der Waals surface area (Å²) < 4.78 is 5.59. The molecule has 0 spiro atoms. The first kappa shape index (κ1) is 18.2. The van der Waals surface area contributed by atoms with Crippen LogP contribution < -0.4 is 0 Å². The van der Waals surface area contributed by atoms with Crippen molar-refractivity contribution < 1.29 is 9.53 Å². The van der Waals surface area contributed by atoms with Crippen LogP contribution >= 0.6 is 0 Å². The molecule has 1 atom stereocenters. The number of ether oxygens (including phenoxy) is 1. The van der Waals surface area contributed by atoms with Crippen molar-refractivity contribution in [2.24, 2.45) is 5.92 Å². The van der Waals surface area contributed by atoms with E-state index >= 15 is 0 Å². The molecular weight excluding hydrogens is 264 g/mol. The van der Waals surface area contributed by atoms with E-state index in [1.165, 1.54) is 0 Å². The van der Waals surface area contributed by atoms with Gasteiger partial charge in [0.1, 0.15) is 5.60 Å². The number of hydrogen-bond donors (Lipinski definition) is 0. The highest BCUT2D eigenvalue weighted by atomic mass is 16.6. The van der Waals surface area contributed by atoms with Gasteiger partial charge in [-0.15, -0.1) is 0 Å². The van der Waals surface area contributed by atoms with E-state index in [1.54, 1.807) is 0 Å². The summed E-state index contributed by atoms with van der Waals surface area (Å²) in [6.45, 7) is 16.1. The Labute approximate surface area is 130 Å². The summed E-state index contributed by atoms with van der Waals surface area (Å²) in [6, 6.07) is 0.107. The summed E-state index contributed by atoms with van der Waals surface area (Å²) in [5.74, 6) is 0.157. The molecule has 1 heterocycles. The van der Waals surface area contributed by atoms with Crippen LogP contribution in [0.15, 0.2) is 11.6 Å². The number of esters is 1. The lowest BCUT2D eigenvalue weighted by Gasteiger charge is -2.37. The van der Waals surface area contributed by atoms with Gasteiger partial charge in [0.05, 0.1) is 5.57 Å². The zero-order valence-corrected chi connectivity index (χ0v) is 14.8. The van der Waals surface area contributed by atoms with Gasteiger partial charge in [0.15, 0.2) is 0 Å². The molecule has 1 saturated heterocycles. The number of likely N-dealkylation sites (N-methyl/N-ethyl adjacent to an activating group) is 1. The molecule has 1 rings (SSSR count). The minimum Gasteiger partial charge on any atom is -0.457 e. The lowest BCUT2D eigenvalue weighted by Crippen LogP contribution is -2.49. The molecule has 0 aromatic rings. The van der Waals surface area contributed by atoms with Gasteiger partial charge in [-0.1, -0.05) is 19.9 Å².